The van der Waals surface area contributed by atoms with Gasteiger partial charge in [-0.1, -0.05) is 45.9 Å². The van der Waals surface area contributed by atoms with E-state index in [2.05, 4.69) is 55.8 Å². The largest absolute Gasteiger partial charge is 0.368 e. The molecule has 1 aromatic heterocycles. The first-order valence-electron chi connectivity index (χ1n) is 9.68. The number of hydrogen-bond donors (Lipinski definition) is 1. The number of nitrogens with one attached hydrogen (secondary N) is 1. The minimum absolute atomic E-state index is 0.153. The van der Waals surface area contributed by atoms with E-state index in [1.807, 2.05) is 0 Å². The smallest absolute Gasteiger partial charge is 0.109 e. The molecule has 1 N–H and O–H groups in total. The predicted molar refractivity (Wildman–Crippen MR) is 102 cm³/mol. The summed E-state index contributed by atoms with van der Waals surface area (Å²) < 4.78 is 6.43. The van der Waals surface area contributed by atoms with E-state index in [0.29, 0.717) is 0 Å². The summed E-state index contributed by atoms with van der Waals surface area (Å²) in [5.74, 6) is 0. The van der Waals surface area contributed by atoms with Gasteiger partial charge in [-0.25, -0.2) is 0 Å². The van der Waals surface area contributed by atoms with E-state index in [-0.39, 0.29) is 5.60 Å². The monoisotopic (exact) mass is 328 g/mol. The fourth-order valence-corrected chi connectivity index (χ4v) is 4.23. The third-order valence-corrected chi connectivity index (χ3v) is 5.89. The third kappa shape index (κ3) is 2.89. The van der Waals surface area contributed by atoms with Crippen molar-refractivity contribution in [1.82, 2.24) is 9.88 Å². The molecule has 0 spiro atoms. The van der Waals surface area contributed by atoms with E-state index in [1.54, 1.807) is 0 Å². The van der Waals surface area contributed by atoms with Gasteiger partial charge in [0.15, 0.2) is 0 Å². The Balaban J connectivity index is 2.03. The number of nitrogens with zero attached hydrogens (tertiary/aromatic N) is 1. The maximum Gasteiger partial charge on any atom is 0.109 e. The normalized spacial score (nSPS) is 20.7. The number of para-hydroxylation sites is 1. The average molecular weight is 329 g/mol. The molecule has 3 nitrogen and oxygen atoms in total. The van der Waals surface area contributed by atoms with Crippen LogP contribution in [0.4, 0.5) is 0 Å². The lowest BCUT2D eigenvalue weighted by molar-refractivity contribution is -0.0760. The summed E-state index contributed by atoms with van der Waals surface area (Å²) in [5, 5.41) is 1.41. The number of aromatic amines is 1. The predicted octanol–water partition coefficient (Wildman–Crippen LogP) is 4.64. The molecule has 0 bridgehead atoms. The fourth-order valence-electron chi connectivity index (χ4n) is 4.23. The highest BCUT2D eigenvalue weighted by Gasteiger charge is 2.38. The highest BCUT2D eigenvalue weighted by molar-refractivity contribution is 5.88. The van der Waals surface area contributed by atoms with Crippen LogP contribution in [0.5, 0.6) is 0 Å². The maximum atomic E-state index is 6.43. The van der Waals surface area contributed by atoms with Crippen molar-refractivity contribution in [3.05, 3.63) is 35.0 Å². The van der Waals surface area contributed by atoms with Crippen molar-refractivity contribution < 1.29 is 4.74 Å². The standard InChI is InChI=1S/C21H32N2O/c1-5-16-10-9-11-17-18-12-15-24-21(6-2,20(18)22-19(16)17)13-14-23(7-3)8-4/h9-11,22H,5-8,12-15H2,1-4H3. The molecule has 1 atom stereocenters. The molecule has 2 aromatic rings. The van der Waals surface area contributed by atoms with Crippen molar-refractivity contribution in [1.29, 1.82) is 0 Å². The molecular weight excluding hydrogens is 296 g/mol. The first-order valence-corrected chi connectivity index (χ1v) is 9.68. The molecule has 3 rings (SSSR count). The molecule has 3 heteroatoms. The summed E-state index contributed by atoms with van der Waals surface area (Å²) >= 11 is 0. The molecule has 1 unspecified atom stereocenters. The Labute approximate surface area is 146 Å². The number of rotatable bonds is 7. The Hall–Kier alpha value is -1.32. The van der Waals surface area contributed by atoms with E-state index in [9.17, 15) is 0 Å². The first kappa shape index (κ1) is 17.5. The van der Waals surface area contributed by atoms with Gasteiger partial charge in [0.2, 0.25) is 0 Å². The SMILES string of the molecule is CCc1cccc2c3c([nH]c12)C(CC)(CCN(CC)CC)OCC3. The molecule has 2 heterocycles. The van der Waals surface area contributed by atoms with Gasteiger partial charge in [-0.2, -0.15) is 0 Å². The van der Waals surface area contributed by atoms with Crippen LogP contribution in [0.15, 0.2) is 18.2 Å². The van der Waals surface area contributed by atoms with Gasteiger partial charge in [-0.3, -0.25) is 0 Å². The molecule has 0 saturated heterocycles. The van der Waals surface area contributed by atoms with Crippen LogP contribution in [-0.4, -0.2) is 36.1 Å². The Morgan fingerprint density at radius 1 is 1.17 bits per heavy atom. The molecular formula is C21H32N2O. The van der Waals surface area contributed by atoms with Crippen LogP contribution in [-0.2, 0) is 23.2 Å². The molecule has 0 fully saturated rings. The summed E-state index contributed by atoms with van der Waals surface area (Å²) in [4.78, 5) is 6.29. The quantitative estimate of drug-likeness (QED) is 0.802. The zero-order valence-corrected chi connectivity index (χ0v) is 15.7. The van der Waals surface area contributed by atoms with E-state index in [4.69, 9.17) is 4.74 Å². The van der Waals surface area contributed by atoms with Crippen LogP contribution in [0.1, 0.15) is 57.4 Å². The van der Waals surface area contributed by atoms with Crippen LogP contribution >= 0.6 is 0 Å². The summed E-state index contributed by atoms with van der Waals surface area (Å²) in [6, 6.07) is 6.73. The third-order valence-electron chi connectivity index (χ3n) is 5.89. The van der Waals surface area contributed by atoms with Gasteiger partial charge < -0.3 is 14.6 Å². The Kier molecular flexibility index (Phi) is 5.31. The zero-order chi connectivity index (χ0) is 17.2. The minimum atomic E-state index is -0.153. The molecule has 0 amide bonds. The van der Waals surface area contributed by atoms with Gasteiger partial charge in [0.1, 0.15) is 5.60 Å². The Morgan fingerprint density at radius 2 is 1.96 bits per heavy atom. The summed E-state index contributed by atoms with van der Waals surface area (Å²) in [6.07, 6.45) is 4.17. The van der Waals surface area contributed by atoms with Crippen molar-refractivity contribution in [3.63, 3.8) is 0 Å². The molecule has 0 aliphatic carbocycles. The van der Waals surface area contributed by atoms with Crippen LogP contribution in [0.3, 0.4) is 0 Å². The summed E-state index contributed by atoms with van der Waals surface area (Å²) in [5.41, 5.74) is 5.43. The van der Waals surface area contributed by atoms with Gasteiger partial charge in [0, 0.05) is 17.4 Å². The molecule has 132 valence electrons. The van der Waals surface area contributed by atoms with Crippen LogP contribution in [0, 0.1) is 0 Å². The lowest BCUT2D eigenvalue weighted by atomic mass is 9.86. The number of fused-ring (bicyclic) bond motifs is 3. The summed E-state index contributed by atoms with van der Waals surface area (Å²) in [6.45, 7) is 13.1. The van der Waals surface area contributed by atoms with Gasteiger partial charge in [-0.05, 0) is 49.9 Å². The maximum absolute atomic E-state index is 6.43. The van der Waals surface area contributed by atoms with E-state index >= 15 is 0 Å². The second kappa shape index (κ2) is 7.28. The number of aromatic nitrogens is 1. The summed E-state index contributed by atoms with van der Waals surface area (Å²) in [7, 11) is 0. The number of ether oxygens (including phenoxy) is 1. The first-order chi connectivity index (χ1) is 11.7. The zero-order valence-electron chi connectivity index (χ0n) is 15.7. The molecule has 1 aliphatic rings. The lowest BCUT2D eigenvalue weighted by Gasteiger charge is -2.38. The number of hydrogen-bond acceptors (Lipinski definition) is 2. The highest BCUT2D eigenvalue weighted by Crippen LogP contribution is 2.42. The van der Waals surface area contributed by atoms with E-state index in [1.165, 1.54) is 27.7 Å². The molecule has 1 aliphatic heterocycles. The van der Waals surface area contributed by atoms with Gasteiger partial charge in [-0.15, -0.1) is 0 Å². The van der Waals surface area contributed by atoms with Crippen molar-refractivity contribution >= 4 is 10.9 Å². The average Bonchev–Trinajstić information content (AvgIpc) is 3.02. The van der Waals surface area contributed by atoms with E-state index < -0.39 is 0 Å². The Bertz CT molecular complexity index is 686. The van der Waals surface area contributed by atoms with Crippen molar-refractivity contribution in [2.75, 3.05) is 26.2 Å². The number of H-pyrrole nitrogens is 1. The Morgan fingerprint density at radius 3 is 2.62 bits per heavy atom. The second-order valence-corrected chi connectivity index (χ2v) is 6.89. The van der Waals surface area contributed by atoms with Crippen LogP contribution in [0.25, 0.3) is 10.9 Å². The van der Waals surface area contributed by atoms with Crippen molar-refractivity contribution in [2.45, 2.75) is 59.0 Å². The fraction of sp³-hybridized carbons (Fsp3) is 0.619. The second-order valence-electron chi connectivity index (χ2n) is 6.89. The number of benzene rings is 1. The minimum Gasteiger partial charge on any atom is -0.368 e. The van der Waals surface area contributed by atoms with Gasteiger partial charge >= 0.3 is 0 Å². The van der Waals surface area contributed by atoms with Crippen molar-refractivity contribution in [2.24, 2.45) is 0 Å². The van der Waals surface area contributed by atoms with Crippen LogP contribution in [0.2, 0.25) is 0 Å². The molecule has 24 heavy (non-hydrogen) atoms. The lowest BCUT2D eigenvalue weighted by Crippen LogP contribution is -2.39. The molecule has 0 saturated carbocycles. The van der Waals surface area contributed by atoms with Crippen LogP contribution < -0.4 is 0 Å². The van der Waals surface area contributed by atoms with E-state index in [0.717, 1.165) is 51.9 Å². The topological polar surface area (TPSA) is 28.3 Å². The highest BCUT2D eigenvalue weighted by atomic mass is 16.5. The molecule has 0 radical (unpaired) electrons. The van der Waals surface area contributed by atoms with Gasteiger partial charge in [0.05, 0.1) is 12.3 Å². The van der Waals surface area contributed by atoms with Crippen molar-refractivity contribution in [3.8, 4) is 0 Å². The van der Waals surface area contributed by atoms with Gasteiger partial charge in [0.25, 0.3) is 0 Å². The number of aryl methyl sites for hydroxylation is 1. The molecule has 1 aromatic carbocycles.